The van der Waals surface area contributed by atoms with Gasteiger partial charge in [-0.3, -0.25) is 0 Å². The Morgan fingerprint density at radius 2 is 1.50 bits per heavy atom. The summed E-state index contributed by atoms with van der Waals surface area (Å²) < 4.78 is 0. The van der Waals surface area contributed by atoms with E-state index in [-0.39, 0.29) is 5.41 Å². The molecule has 0 unspecified atom stereocenters. The highest BCUT2D eigenvalue weighted by molar-refractivity contribution is 5.60. The van der Waals surface area contributed by atoms with Gasteiger partial charge in [0.05, 0.1) is 5.69 Å². The Hall–Kier alpha value is -1.70. The number of hydrogen-bond donors (Lipinski definition) is 0. The lowest BCUT2D eigenvalue weighted by molar-refractivity contribution is 0.590. The lowest BCUT2D eigenvalue weighted by Gasteiger charge is -2.19. The molecular formula is C16H20N2. The van der Waals surface area contributed by atoms with Gasteiger partial charge in [-0.25, -0.2) is 9.97 Å². The number of hydrogen-bond acceptors (Lipinski definition) is 2. The van der Waals surface area contributed by atoms with Crippen LogP contribution < -0.4 is 0 Å². The fourth-order valence-electron chi connectivity index (χ4n) is 2.01. The molecule has 94 valence electrons. The standard InChI is InChI=1S/C16H20N2/c1-11-10-15(18-12(2)17-11)13-6-8-14(9-7-13)16(3,4)5/h6-10H,1-5H3. The first-order valence-electron chi connectivity index (χ1n) is 6.29. The van der Waals surface area contributed by atoms with Gasteiger partial charge in [0.15, 0.2) is 0 Å². The molecule has 1 aromatic heterocycles. The second-order valence-corrected chi connectivity index (χ2v) is 5.77. The number of benzene rings is 1. The fraction of sp³-hybridized carbons (Fsp3) is 0.375. The highest BCUT2D eigenvalue weighted by Gasteiger charge is 2.13. The molecule has 0 atom stereocenters. The normalized spacial score (nSPS) is 11.6. The molecule has 2 nitrogen and oxygen atoms in total. The van der Waals surface area contributed by atoms with Crippen LogP contribution in [0.25, 0.3) is 11.3 Å². The molecule has 0 aliphatic heterocycles. The molecule has 0 amide bonds. The first-order valence-corrected chi connectivity index (χ1v) is 6.29. The number of aromatic nitrogens is 2. The van der Waals surface area contributed by atoms with E-state index in [1.807, 2.05) is 19.9 Å². The third-order valence-corrected chi connectivity index (χ3v) is 3.01. The molecule has 0 saturated heterocycles. The van der Waals surface area contributed by atoms with Crippen molar-refractivity contribution in [2.45, 2.75) is 40.0 Å². The van der Waals surface area contributed by atoms with Crippen molar-refractivity contribution < 1.29 is 0 Å². The summed E-state index contributed by atoms with van der Waals surface area (Å²) in [5.74, 6) is 0.824. The predicted octanol–water partition coefficient (Wildman–Crippen LogP) is 4.06. The summed E-state index contributed by atoms with van der Waals surface area (Å²) in [6.07, 6.45) is 0. The van der Waals surface area contributed by atoms with Gasteiger partial charge in [-0.2, -0.15) is 0 Å². The van der Waals surface area contributed by atoms with Crippen LogP contribution in [-0.4, -0.2) is 9.97 Å². The monoisotopic (exact) mass is 240 g/mol. The van der Waals surface area contributed by atoms with Crippen molar-refractivity contribution >= 4 is 0 Å². The van der Waals surface area contributed by atoms with Crippen molar-refractivity contribution in [1.29, 1.82) is 0 Å². The minimum Gasteiger partial charge on any atom is -0.239 e. The van der Waals surface area contributed by atoms with Crippen LogP contribution in [0, 0.1) is 13.8 Å². The smallest absolute Gasteiger partial charge is 0.126 e. The summed E-state index contributed by atoms with van der Waals surface area (Å²) in [4.78, 5) is 8.79. The molecule has 0 N–H and O–H groups in total. The number of rotatable bonds is 1. The summed E-state index contributed by atoms with van der Waals surface area (Å²) in [5, 5.41) is 0. The molecule has 1 heterocycles. The van der Waals surface area contributed by atoms with Crippen LogP contribution in [0.2, 0.25) is 0 Å². The van der Waals surface area contributed by atoms with Crippen LogP contribution in [0.4, 0.5) is 0 Å². The molecule has 0 bridgehead atoms. The van der Waals surface area contributed by atoms with Gasteiger partial charge < -0.3 is 0 Å². The molecule has 0 spiro atoms. The first kappa shape index (κ1) is 12.7. The lowest BCUT2D eigenvalue weighted by Crippen LogP contribution is -2.10. The maximum Gasteiger partial charge on any atom is 0.126 e. The van der Waals surface area contributed by atoms with Crippen LogP contribution in [0.1, 0.15) is 37.9 Å². The Morgan fingerprint density at radius 1 is 0.889 bits per heavy atom. The van der Waals surface area contributed by atoms with Crippen molar-refractivity contribution in [2.75, 3.05) is 0 Å². The number of nitrogens with zero attached hydrogens (tertiary/aromatic N) is 2. The maximum atomic E-state index is 4.48. The van der Waals surface area contributed by atoms with Crippen molar-refractivity contribution in [2.24, 2.45) is 0 Å². The molecule has 0 saturated carbocycles. The van der Waals surface area contributed by atoms with Crippen LogP contribution in [-0.2, 0) is 5.41 Å². The summed E-state index contributed by atoms with van der Waals surface area (Å²) in [6.45, 7) is 10.6. The molecular weight excluding hydrogens is 220 g/mol. The van der Waals surface area contributed by atoms with E-state index in [9.17, 15) is 0 Å². The molecule has 2 rings (SSSR count). The quantitative estimate of drug-likeness (QED) is 0.751. The SMILES string of the molecule is Cc1cc(-c2ccc(C(C)(C)C)cc2)nc(C)n1. The Labute approximate surface area is 109 Å². The highest BCUT2D eigenvalue weighted by Crippen LogP contribution is 2.25. The Balaban J connectivity index is 2.40. The Bertz CT molecular complexity index is 528. The van der Waals surface area contributed by atoms with Gasteiger partial charge in [-0.1, -0.05) is 45.0 Å². The molecule has 0 fully saturated rings. The highest BCUT2D eigenvalue weighted by atomic mass is 14.9. The van der Waals surface area contributed by atoms with E-state index in [0.29, 0.717) is 0 Å². The van der Waals surface area contributed by atoms with E-state index < -0.39 is 0 Å². The average Bonchev–Trinajstić information content (AvgIpc) is 2.27. The molecule has 18 heavy (non-hydrogen) atoms. The van der Waals surface area contributed by atoms with E-state index in [1.54, 1.807) is 0 Å². The van der Waals surface area contributed by atoms with Gasteiger partial charge in [0.25, 0.3) is 0 Å². The Morgan fingerprint density at radius 3 is 2.00 bits per heavy atom. The molecule has 0 aliphatic rings. The maximum absolute atomic E-state index is 4.48. The summed E-state index contributed by atoms with van der Waals surface area (Å²) in [7, 11) is 0. The number of aryl methyl sites for hydroxylation is 2. The van der Waals surface area contributed by atoms with E-state index in [2.05, 4.69) is 55.0 Å². The van der Waals surface area contributed by atoms with Crippen molar-refractivity contribution in [3.05, 3.63) is 47.4 Å². The minimum atomic E-state index is 0.191. The van der Waals surface area contributed by atoms with Crippen molar-refractivity contribution in [3.8, 4) is 11.3 Å². The zero-order valence-corrected chi connectivity index (χ0v) is 11.8. The molecule has 1 aromatic carbocycles. The zero-order chi connectivity index (χ0) is 13.3. The van der Waals surface area contributed by atoms with Gasteiger partial charge >= 0.3 is 0 Å². The van der Waals surface area contributed by atoms with E-state index in [4.69, 9.17) is 0 Å². The van der Waals surface area contributed by atoms with Crippen LogP contribution >= 0.6 is 0 Å². The largest absolute Gasteiger partial charge is 0.239 e. The van der Waals surface area contributed by atoms with E-state index in [1.165, 1.54) is 5.56 Å². The second kappa shape index (κ2) is 4.52. The third kappa shape index (κ3) is 2.76. The molecule has 0 aliphatic carbocycles. The molecule has 2 aromatic rings. The van der Waals surface area contributed by atoms with Gasteiger partial charge in [-0.05, 0) is 30.9 Å². The van der Waals surface area contributed by atoms with Crippen LogP contribution in [0.15, 0.2) is 30.3 Å². The van der Waals surface area contributed by atoms with Gasteiger partial charge in [0, 0.05) is 11.3 Å². The topological polar surface area (TPSA) is 25.8 Å². The Kier molecular flexibility index (Phi) is 3.20. The van der Waals surface area contributed by atoms with Gasteiger partial charge in [0.2, 0.25) is 0 Å². The zero-order valence-electron chi connectivity index (χ0n) is 11.8. The lowest BCUT2D eigenvalue weighted by atomic mass is 9.86. The van der Waals surface area contributed by atoms with E-state index >= 15 is 0 Å². The van der Waals surface area contributed by atoms with Crippen LogP contribution in [0.3, 0.4) is 0 Å². The second-order valence-electron chi connectivity index (χ2n) is 5.77. The third-order valence-electron chi connectivity index (χ3n) is 3.01. The average molecular weight is 240 g/mol. The predicted molar refractivity (Wildman–Crippen MR) is 75.6 cm³/mol. The van der Waals surface area contributed by atoms with Crippen LogP contribution in [0.5, 0.6) is 0 Å². The minimum absolute atomic E-state index is 0.191. The van der Waals surface area contributed by atoms with Crippen molar-refractivity contribution in [1.82, 2.24) is 9.97 Å². The summed E-state index contributed by atoms with van der Waals surface area (Å²) in [6, 6.07) is 10.7. The first-order chi connectivity index (χ1) is 8.36. The molecule has 2 heteroatoms. The molecule has 0 radical (unpaired) electrons. The van der Waals surface area contributed by atoms with Gasteiger partial charge in [-0.15, -0.1) is 0 Å². The van der Waals surface area contributed by atoms with Crippen molar-refractivity contribution in [3.63, 3.8) is 0 Å². The van der Waals surface area contributed by atoms with E-state index in [0.717, 1.165) is 22.8 Å². The summed E-state index contributed by atoms with van der Waals surface area (Å²) in [5.41, 5.74) is 4.69. The van der Waals surface area contributed by atoms with Gasteiger partial charge in [0.1, 0.15) is 5.82 Å². The fourth-order valence-corrected chi connectivity index (χ4v) is 2.01. The summed E-state index contributed by atoms with van der Waals surface area (Å²) >= 11 is 0.